The van der Waals surface area contributed by atoms with E-state index in [1.807, 2.05) is 11.9 Å². The summed E-state index contributed by atoms with van der Waals surface area (Å²) in [5.74, 6) is 0.318. The number of nitrogens with one attached hydrogen (secondary N) is 1. The molecule has 0 aromatic heterocycles. The first kappa shape index (κ1) is 22.2. The monoisotopic (exact) mass is 410 g/mol. The van der Waals surface area contributed by atoms with E-state index in [1.54, 1.807) is 6.92 Å². The second-order valence-electron chi connectivity index (χ2n) is 7.52. The van der Waals surface area contributed by atoms with E-state index in [0.717, 1.165) is 25.8 Å². The first-order valence-corrected chi connectivity index (χ1v) is 10.1. The Morgan fingerprint density at radius 2 is 2.00 bits per heavy atom. The largest absolute Gasteiger partial charge is 0.388 e. The summed E-state index contributed by atoms with van der Waals surface area (Å²) < 4.78 is 5.55. The Bertz CT molecular complexity index is 486. The summed E-state index contributed by atoms with van der Waals surface area (Å²) in [6, 6.07) is -0.984. The van der Waals surface area contributed by atoms with Crippen molar-refractivity contribution in [2.24, 2.45) is 5.92 Å². The highest BCUT2D eigenvalue weighted by Crippen LogP contribution is 2.29. The van der Waals surface area contributed by atoms with Crippen molar-refractivity contribution in [1.29, 1.82) is 0 Å². The molecule has 0 saturated carbocycles. The van der Waals surface area contributed by atoms with Crippen LogP contribution in [0, 0.1) is 5.92 Å². The van der Waals surface area contributed by atoms with Crippen LogP contribution in [0.2, 0.25) is 0 Å². The third kappa shape index (κ3) is 4.84. The fourth-order valence-corrected chi connectivity index (χ4v) is 4.46. The molecule has 152 valence electrons. The zero-order valence-corrected chi connectivity index (χ0v) is 17.1. The van der Waals surface area contributed by atoms with Gasteiger partial charge in [-0.1, -0.05) is 13.3 Å². The molecule has 2 aliphatic rings. The number of nitrogens with zero attached hydrogens (tertiary/aromatic N) is 1. The highest BCUT2D eigenvalue weighted by Gasteiger charge is 2.47. The van der Waals surface area contributed by atoms with Crippen LogP contribution in [0.3, 0.4) is 0 Å². The van der Waals surface area contributed by atoms with Gasteiger partial charge in [-0.25, -0.2) is 0 Å². The molecule has 7 nitrogen and oxygen atoms in total. The van der Waals surface area contributed by atoms with E-state index >= 15 is 0 Å². The summed E-state index contributed by atoms with van der Waals surface area (Å²) in [5, 5.41) is 32.4. The fourth-order valence-electron chi connectivity index (χ4n) is 3.93. The number of likely N-dealkylation sites (N-methyl/N-ethyl adjacent to an activating group) is 1. The second-order valence-corrected chi connectivity index (χ2v) is 8.72. The van der Waals surface area contributed by atoms with Gasteiger partial charge >= 0.3 is 0 Å². The highest BCUT2D eigenvalue weighted by atomic mass is 35.5. The van der Waals surface area contributed by atoms with Gasteiger partial charge in [-0.2, -0.15) is 0 Å². The topological polar surface area (TPSA) is 102 Å². The first-order chi connectivity index (χ1) is 12.2. The molecular weight excluding hydrogens is 380 g/mol. The van der Waals surface area contributed by atoms with E-state index in [-0.39, 0.29) is 11.9 Å². The van der Waals surface area contributed by atoms with Crippen LogP contribution >= 0.6 is 24.2 Å². The minimum absolute atomic E-state index is 0.171. The summed E-state index contributed by atoms with van der Waals surface area (Å²) in [7, 11) is 1.93. The Kier molecular flexibility index (Phi) is 8.03. The van der Waals surface area contributed by atoms with E-state index in [9.17, 15) is 20.1 Å². The number of rotatable bonds is 6. The van der Waals surface area contributed by atoms with Crippen molar-refractivity contribution in [3.05, 3.63) is 0 Å². The van der Waals surface area contributed by atoms with Gasteiger partial charge in [-0.05, 0) is 32.7 Å². The van der Waals surface area contributed by atoms with Crippen LogP contribution in [0.1, 0.15) is 33.1 Å². The number of alkyl halides is 1. The number of aliphatic hydroxyl groups excluding tert-OH is 3. The molecule has 26 heavy (non-hydrogen) atoms. The Hall–Kier alpha value is -0.0900. The maximum atomic E-state index is 12.8. The lowest BCUT2D eigenvalue weighted by molar-refractivity contribution is -0.204. The van der Waals surface area contributed by atoms with Gasteiger partial charge in [0.15, 0.2) is 0 Å². The van der Waals surface area contributed by atoms with Crippen LogP contribution < -0.4 is 5.32 Å². The summed E-state index contributed by atoms with van der Waals surface area (Å²) in [4.78, 5) is 14.8. The van der Waals surface area contributed by atoms with Gasteiger partial charge in [0, 0.05) is 6.54 Å². The molecule has 2 rings (SSSR count). The maximum Gasteiger partial charge on any atom is 0.237 e. The Morgan fingerprint density at radius 3 is 2.58 bits per heavy atom. The number of ether oxygens (including phenoxy) is 1. The molecule has 2 saturated heterocycles. The van der Waals surface area contributed by atoms with Crippen LogP contribution in [-0.4, -0.2) is 87.0 Å². The number of carbonyl (C=O) groups is 1. The van der Waals surface area contributed by atoms with Crippen molar-refractivity contribution < 1.29 is 24.9 Å². The third-order valence-electron chi connectivity index (χ3n) is 5.42. The lowest BCUT2D eigenvalue weighted by Crippen LogP contribution is -2.64. The molecule has 0 bridgehead atoms. The van der Waals surface area contributed by atoms with Gasteiger partial charge in [0.05, 0.1) is 17.5 Å². The van der Waals surface area contributed by atoms with Crippen LogP contribution in [0.5, 0.6) is 0 Å². The van der Waals surface area contributed by atoms with Gasteiger partial charge < -0.3 is 25.4 Å². The number of hydrogen-bond acceptors (Lipinski definition) is 7. The predicted octanol–water partition coefficient (Wildman–Crippen LogP) is -0.0437. The van der Waals surface area contributed by atoms with E-state index in [0.29, 0.717) is 5.92 Å². The van der Waals surface area contributed by atoms with Crippen LogP contribution in [0.15, 0.2) is 0 Å². The van der Waals surface area contributed by atoms with Crippen LogP contribution in [0.25, 0.3) is 0 Å². The Balaban J connectivity index is 2.07. The predicted molar refractivity (Wildman–Crippen MR) is 102 cm³/mol. The summed E-state index contributed by atoms with van der Waals surface area (Å²) in [5.41, 5.74) is -0.976. The van der Waals surface area contributed by atoms with E-state index in [2.05, 4.69) is 24.9 Å². The van der Waals surface area contributed by atoms with E-state index in [4.69, 9.17) is 16.3 Å². The molecule has 0 radical (unpaired) electrons. The number of carbonyl (C=O) groups excluding carboxylic acids is 1. The molecule has 0 aromatic carbocycles. The van der Waals surface area contributed by atoms with Crippen molar-refractivity contribution in [1.82, 2.24) is 10.2 Å². The average Bonchev–Trinajstić information content (AvgIpc) is 2.95. The number of hydrogen-bond donors (Lipinski definition) is 5. The lowest BCUT2D eigenvalue weighted by atomic mass is 9.92. The Labute approximate surface area is 165 Å². The Morgan fingerprint density at radius 1 is 1.35 bits per heavy atom. The number of likely N-dealkylation sites (tertiary alicyclic amines) is 1. The quantitative estimate of drug-likeness (QED) is 0.311. The summed E-state index contributed by atoms with van der Waals surface area (Å²) in [6.07, 6.45) is -2.14. The summed E-state index contributed by atoms with van der Waals surface area (Å²) >= 11 is 10.3. The minimum atomic E-state index is -1.42. The van der Waals surface area contributed by atoms with E-state index in [1.165, 1.54) is 0 Å². The van der Waals surface area contributed by atoms with Gasteiger partial charge in [0.1, 0.15) is 29.9 Å². The van der Waals surface area contributed by atoms with E-state index < -0.39 is 41.3 Å². The van der Waals surface area contributed by atoms with Gasteiger partial charge in [0.2, 0.25) is 5.91 Å². The fraction of sp³-hybridized carbons (Fsp3) is 0.941. The molecule has 0 unspecified atom stereocenters. The molecule has 2 aliphatic heterocycles. The molecule has 1 amide bonds. The van der Waals surface area contributed by atoms with Gasteiger partial charge in [-0.3, -0.25) is 9.69 Å². The molecule has 0 aromatic rings. The number of thiol groups is 1. The second kappa shape index (κ2) is 9.41. The first-order valence-electron chi connectivity index (χ1n) is 9.19. The highest BCUT2D eigenvalue weighted by molar-refractivity contribution is 7.80. The van der Waals surface area contributed by atoms with Gasteiger partial charge in [0.25, 0.3) is 0 Å². The van der Waals surface area contributed by atoms with Crippen LogP contribution in [-0.2, 0) is 9.53 Å². The number of amides is 1. The van der Waals surface area contributed by atoms with Crippen molar-refractivity contribution >= 4 is 30.1 Å². The SMILES string of the molecule is CCC[C@@H]1C[C@@H](C(=O)N[C@@H]([C@H]2O[C@H](S)[C@H](O)[C@@H](O)[C@H]2O)[C@H](C)Cl)N(C)C1. The third-order valence-corrected chi connectivity index (χ3v) is 6.12. The van der Waals surface area contributed by atoms with Gasteiger partial charge in [-0.15, -0.1) is 24.2 Å². The molecule has 9 atom stereocenters. The molecule has 0 aliphatic carbocycles. The van der Waals surface area contributed by atoms with Crippen LogP contribution in [0.4, 0.5) is 0 Å². The molecule has 2 fully saturated rings. The van der Waals surface area contributed by atoms with Crippen molar-refractivity contribution in [3.8, 4) is 0 Å². The molecule has 4 N–H and O–H groups in total. The molecule has 9 heteroatoms. The smallest absolute Gasteiger partial charge is 0.237 e. The van der Waals surface area contributed by atoms with Crippen molar-refractivity contribution in [3.63, 3.8) is 0 Å². The zero-order valence-electron chi connectivity index (χ0n) is 15.5. The average molecular weight is 411 g/mol. The zero-order chi connectivity index (χ0) is 19.6. The normalized spacial score (nSPS) is 41.0. The molecule has 0 spiro atoms. The molecule has 2 heterocycles. The summed E-state index contributed by atoms with van der Waals surface area (Å²) in [6.45, 7) is 4.69. The number of halogens is 1. The standard InChI is InChI=1S/C17H31ClN2O5S/c1-4-5-9-6-10(20(3)7-9)16(24)19-11(8(2)18)15-13(22)12(21)14(23)17(26)25-15/h8-15,17,21-23,26H,4-7H2,1-3H3,(H,19,24)/t8-,9+,10-,11+,12-,13+,14+,15+,17+/m0/s1. The minimum Gasteiger partial charge on any atom is -0.388 e. The maximum absolute atomic E-state index is 12.8. The molecular formula is C17H31ClN2O5S. The van der Waals surface area contributed by atoms with Crippen molar-refractivity contribution in [2.75, 3.05) is 13.6 Å². The lowest BCUT2D eigenvalue weighted by Gasteiger charge is -2.43. The number of aliphatic hydroxyl groups is 3. The van der Waals surface area contributed by atoms with Crippen molar-refractivity contribution in [2.45, 2.75) is 80.4 Å².